The molecule has 1 unspecified atom stereocenters. The summed E-state index contributed by atoms with van der Waals surface area (Å²) < 4.78 is 0.905. The number of aliphatic hydroxyl groups excluding tert-OH is 1. The highest BCUT2D eigenvalue weighted by Gasteiger charge is 2.16. The average Bonchev–Trinajstić information content (AvgIpc) is 2.33. The molecule has 20 heavy (non-hydrogen) atoms. The zero-order chi connectivity index (χ0) is 14.8. The third-order valence-electron chi connectivity index (χ3n) is 2.92. The van der Waals surface area contributed by atoms with E-state index >= 15 is 0 Å². The molecule has 0 saturated heterocycles. The molecule has 0 bridgehead atoms. The molecule has 2 aromatic rings. The molecule has 0 amide bonds. The summed E-state index contributed by atoms with van der Waals surface area (Å²) in [6.07, 6.45) is 3.87. The number of rotatable bonds is 4. The maximum Gasteiger partial charge on any atom is 0.112 e. The molecule has 0 aliphatic heterocycles. The maximum absolute atomic E-state index is 10.1. The van der Waals surface area contributed by atoms with Gasteiger partial charge in [-0.25, -0.2) is 0 Å². The van der Waals surface area contributed by atoms with Crippen molar-refractivity contribution in [3.63, 3.8) is 0 Å². The lowest BCUT2D eigenvalue weighted by atomic mass is 9.89. The van der Waals surface area contributed by atoms with Crippen LogP contribution in [0.3, 0.4) is 0 Å². The highest BCUT2D eigenvalue weighted by molar-refractivity contribution is 9.10. The van der Waals surface area contributed by atoms with E-state index in [1.54, 1.807) is 12.4 Å². The van der Waals surface area contributed by atoms with Gasteiger partial charge in [0.05, 0.1) is 17.3 Å². The second-order valence-electron chi connectivity index (χ2n) is 6.18. The molecule has 1 atom stereocenters. The van der Waals surface area contributed by atoms with Crippen LogP contribution in [0.4, 0.5) is 5.69 Å². The fourth-order valence-electron chi connectivity index (χ4n) is 2.16. The molecule has 0 fully saturated rings. The first-order valence-electron chi connectivity index (χ1n) is 6.67. The quantitative estimate of drug-likeness (QED) is 0.894. The Morgan fingerprint density at radius 3 is 2.80 bits per heavy atom. The Bertz CT molecular complexity index is 595. The summed E-state index contributed by atoms with van der Waals surface area (Å²) in [6.45, 7) is 6.87. The zero-order valence-electron chi connectivity index (χ0n) is 12.0. The Morgan fingerprint density at radius 1 is 1.35 bits per heavy atom. The number of anilines is 1. The van der Waals surface area contributed by atoms with Crippen LogP contribution in [0.25, 0.3) is 11.0 Å². The highest BCUT2D eigenvalue weighted by Crippen LogP contribution is 2.23. The van der Waals surface area contributed by atoms with E-state index in [4.69, 9.17) is 0 Å². The summed E-state index contributed by atoms with van der Waals surface area (Å²) in [4.78, 5) is 8.67. The highest BCUT2D eigenvalue weighted by atomic mass is 79.9. The summed E-state index contributed by atoms with van der Waals surface area (Å²) >= 11 is 3.39. The van der Waals surface area contributed by atoms with Gasteiger partial charge in [-0.1, -0.05) is 20.8 Å². The minimum absolute atomic E-state index is 0.116. The summed E-state index contributed by atoms with van der Waals surface area (Å²) in [7, 11) is 0. The van der Waals surface area contributed by atoms with Crippen LogP contribution in [0.1, 0.15) is 27.2 Å². The van der Waals surface area contributed by atoms with E-state index in [9.17, 15) is 5.11 Å². The normalized spacial score (nSPS) is 13.4. The summed E-state index contributed by atoms with van der Waals surface area (Å²) in [5.41, 5.74) is 2.66. The number of aliphatic hydroxyl groups is 1. The first-order chi connectivity index (χ1) is 9.35. The van der Waals surface area contributed by atoms with Crippen LogP contribution < -0.4 is 5.32 Å². The molecule has 0 radical (unpaired) electrons. The van der Waals surface area contributed by atoms with E-state index in [2.05, 4.69) is 52.0 Å². The SMILES string of the molecule is CC(C)(C)CC(O)CNc1ccnc2cc(Br)cnc12. The predicted octanol–water partition coefficient (Wildman–Crippen LogP) is 3.60. The number of halogens is 1. The molecular weight excluding hydrogens is 318 g/mol. The third-order valence-corrected chi connectivity index (χ3v) is 3.35. The minimum atomic E-state index is -0.381. The number of hydrogen-bond donors (Lipinski definition) is 2. The Hall–Kier alpha value is -1.20. The molecule has 0 spiro atoms. The van der Waals surface area contributed by atoms with Gasteiger partial charge >= 0.3 is 0 Å². The van der Waals surface area contributed by atoms with E-state index in [-0.39, 0.29) is 11.5 Å². The van der Waals surface area contributed by atoms with Crippen LogP contribution >= 0.6 is 15.9 Å². The number of pyridine rings is 2. The van der Waals surface area contributed by atoms with Crippen molar-refractivity contribution in [2.24, 2.45) is 5.41 Å². The largest absolute Gasteiger partial charge is 0.391 e. The number of aromatic nitrogens is 2. The average molecular weight is 338 g/mol. The first kappa shape index (κ1) is 15.2. The van der Waals surface area contributed by atoms with Crippen LogP contribution in [-0.2, 0) is 0 Å². The van der Waals surface area contributed by atoms with Crippen LogP contribution in [0.15, 0.2) is 29.0 Å². The number of nitrogens with one attached hydrogen (secondary N) is 1. The molecule has 108 valence electrons. The van der Waals surface area contributed by atoms with Crippen molar-refractivity contribution in [2.45, 2.75) is 33.3 Å². The second-order valence-corrected chi connectivity index (χ2v) is 7.09. The molecule has 4 nitrogen and oxygen atoms in total. The third kappa shape index (κ3) is 4.15. The van der Waals surface area contributed by atoms with Crippen LogP contribution in [-0.4, -0.2) is 27.7 Å². The monoisotopic (exact) mass is 337 g/mol. The fraction of sp³-hybridized carbons (Fsp3) is 0.467. The Balaban J connectivity index is 2.10. The van der Waals surface area contributed by atoms with Crippen molar-refractivity contribution in [1.29, 1.82) is 0 Å². The smallest absolute Gasteiger partial charge is 0.112 e. The van der Waals surface area contributed by atoms with Gasteiger partial charge in [-0.2, -0.15) is 0 Å². The summed E-state index contributed by atoms with van der Waals surface area (Å²) in [6, 6.07) is 3.81. The van der Waals surface area contributed by atoms with Crippen LogP contribution in [0.2, 0.25) is 0 Å². The van der Waals surface area contributed by atoms with Crippen molar-refractivity contribution >= 4 is 32.7 Å². The van der Waals surface area contributed by atoms with Crippen molar-refractivity contribution in [3.05, 3.63) is 29.0 Å². The summed E-state index contributed by atoms with van der Waals surface area (Å²) in [5, 5.41) is 13.3. The Morgan fingerprint density at radius 2 is 2.10 bits per heavy atom. The molecule has 0 aliphatic rings. The van der Waals surface area contributed by atoms with Crippen LogP contribution in [0, 0.1) is 5.41 Å². The van der Waals surface area contributed by atoms with Gasteiger partial charge in [-0.15, -0.1) is 0 Å². The lowest BCUT2D eigenvalue weighted by Gasteiger charge is -2.22. The van der Waals surface area contributed by atoms with Crippen LogP contribution in [0.5, 0.6) is 0 Å². The van der Waals surface area contributed by atoms with Gasteiger partial charge in [0.15, 0.2) is 0 Å². The summed E-state index contributed by atoms with van der Waals surface area (Å²) in [5.74, 6) is 0. The van der Waals surface area contributed by atoms with E-state index < -0.39 is 0 Å². The molecule has 0 saturated carbocycles. The Labute approximate surface area is 127 Å². The Kier molecular flexibility index (Phi) is 4.60. The topological polar surface area (TPSA) is 58.0 Å². The molecule has 2 heterocycles. The molecule has 2 N–H and O–H groups in total. The van der Waals surface area contributed by atoms with Gasteiger partial charge in [-0.3, -0.25) is 9.97 Å². The van der Waals surface area contributed by atoms with Crippen molar-refractivity contribution < 1.29 is 5.11 Å². The zero-order valence-corrected chi connectivity index (χ0v) is 13.6. The van der Waals surface area contributed by atoms with Gasteiger partial charge < -0.3 is 10.4 Å². The molecule has 2 aromatic heterocycles. The first-order valence-corrected chi connectivity index (χ1v) is 7.47. The second kappa shape index (κ2) is 6.06. The van der Waals surface area contributed by atoms with Crippen molar-refractivity contribution in [1.82, 2.24) is 9.97 Å². The molecule has 2 rings (SSSR count). The van der Waals surface area contributed by atoms with Gasteiger partial charge in [0.2, 0.25) is 0 Å². The lowest BCUT2D eigenvalue weighted by molar-refractivity contribution is 0.132. The number of hydrogen-bond acceptors (Lipinski definition) is 4. The van der Waals surface area contributed by atoms with Crippen molar-refractivity contribution in [2.75, 3.05) is 11.9 Å². The number of nitrogens with zero attached hydrogens (tertiary/aromatic N) is 2. The van der Waals surface area contributed by atoms with Gasteiger partial charge in [0.1, 0.15) is 5.52 Å². The molecule has 0 aromatic carbocycles. The molecule has 5 heteroatoms. The number of fused-ring (bicyclic) bond motifs is 1. The fourth-order valence-corrected chi connectivity index (χ4v) is 2.47. The van der Waals surface area contributed by atoms with Gasteiger partial charge in [0.25, 0.3) is 0 Å². The standard InChI is InChI=1S/C15H20BrN3O/c1-15(2,3)7-11(20)9-18-12-4-5-17-13-6-10(16)8-19-14(12)13/h4-6,8,11,20H,7,9H2,1-3H3,(H,17,18). The van der Waals surface area contributed by atoms with E-state index in [0.29, 0.717) is 6.54 Å². The predicted molar refractivity (Wildman–Crippen MR) is 85.8 cm³/mol. The van der Waals surface area contributed by atoms with Crippen molar-refractivity contribution in [3.8, 4) is 0 Å². The van der Waals surface area contributed by atoms with E-state index in [1.165, 1.54) is 0 Å². The van der Waals surface area contributed by atoms with E-state index in [0.717, 1.165) is 27.6 Å². The maximum atomic E-state index is 10.1. The lowest BCUT2D eigenvalue weighted by Crippen LogP contribution is -2.25. The van der Waals surface area contributed by atoms with Gasteiger partial charge in [0, 0.05) is 23.4 Å². The molecular formula is C15H20BrN3O. The minimum Gasteiger partial charge on any atom is -0.391 e. The van der Waals surface area contributed by atoms with Gasteiger partial charge in [-0.05, 0) is 39.9 Å². The van der Waals surface area contributed by atoms with E-state index in [1.807, 2.05) is 12.1 Å². The molecule has 0 aliphatic carbocycles.